The second-order valence-corrected chi connectivity index (χ2v) is 4.91. The van der Waals surface area contributed by atoms with Gasteiger partial charge >= 0.3 is 0 Å². The van der Waals surface area contributed by atoms with E-state index in [1.807, 2.05) is 11.8 Å². The quantitative estimate of drug-likeness (QED) is 0.630. The predicted molar refractivity (Wildman–Crippen MR) is 51.7 cm³/mol. The molecule has 0 amide bonds. The van der Waals surface area contributed by atoms with E-state index in [-0.39, 0.29) is 0 Å². The number of rotatable bonds is 4. The molecule has 0 aliphatic carbocycles. The Balaban J connectivity index is 2.07. The average molecular weight is 174 g/mol. The first-order valence-electron chi connectivity index (χ1n) is 4.27. The third kappa shape index (κ3) is 3.45. The zero-order chi connectivity index (χ0) is 8.43. The minimum Gasteiger partial charge on any atom is -0.301 e. The maximum Gasteiger partial charge on any atom is 0.0802 e. The van der Waals surface area contributed by atoms with Crippen molar-refractivity contribution in [1.82, 2.24) is 10.6 Å². The van der Waals surface area contributed by atoms with Gasteiger partial charge in [0.25, 0.3) is 0 Å². The van der Waals surface area contributed by atoms with E-state index in [0.29, 0.717) is 22.8 Å². The summed E-state index contributed by atoms with van der Waals surface area (Å²) in [6, 6.07) is 1.21. The zero-order valence-corrected chi connectivity index (χ0v) is 8.53. The van der Waals surface area contributed by atoms with Crippen molar-refractivity contribution in [2.75, 3.05) is 0 Å². The standard InChI is InChI=1S/C8H18N2S/c1-5(2)9-7-8(11-7)10-6(3)4/h5-10H,1-4H3. The minimum absolute atomic E-state index is 0.603. The van der Waals surface area contributed by atoms with Gasteiger partial charge in [-0.25, -0.2) is 0 Å². The first-order chi connectivity index (χ1) is 5.09. The molecule has 1 rings (SSSR count). The molecule has 0 aromatic heterocycles. The van der Waals surface area contributed by atoms with Gasteiger partial charge in [0.15, 0.2) is 0 Å². The largest absolute Gasteiger partial charge is 0.301 e. The van der Waals surface area contributed by atoms with Crippen LogP contribution in [0.2, 0.25) is 0 Å². The summed E-state index contributed by atoms with van der Waals surface area (Å²) in [5.41, 5.74) is 0. The van der Waals surface area contributed by atoms with Crippen LogP contribution in [0.15, 0.2) is 0 Å². The highest BCUT2D eigenvalue weighted by atomic mass is 32.2. The molecule has 0 aromatic carbocycles. The molecule has 1 heterocycles. The second-order valence-electron chi connectivity index (χ2n) is 3.62. The third-order valence-electron chi connectivity index (χ3n) is 1.49. The van der Waals surface area contributed by atoms with Crippen LogP contribution in [-0.4, -0.2) is 22.8 Å². The van der Waals surface area contributed by atoms with Crippen LogP contribution >= 0.6 is 11.8 Å². The van der Waals surface area contributed by atoms with Crippen LogP contribution in [-0.2, 0) is 0 Å². The van der Waals surface area contributed by atoms with E-state index in [1.54, 1.807) is 0 Å². The lowest BCUT2D eigenvalue weighted by molar-refractivity contribution is 0.519. The van der Waals surface area contributed by atoms with Crippen molar-refractivity contribution < 1.29 is 0 Å². The van der Waals surface area contributed by atoms with Crippen molar-refractivity contribution in [1.29, 1.82) is 0 Å². The topological polar surface area (TPSA) is 24.1 Å². The Hall–Kier alpha value is 0.270. The molecule has 0 saturated carbocycles. The minimum atomic E-state index is 0.603. The Morgan fingerprint density at radius 2 is 1.27 bits per heavy atom. The van der Waals surface area contributed by atoms with Crippen molar-refractivity contribution in [3.05, 3.63) is 0 Å². The van der Waals surface area contributed by atoms with Gasteiger partial charge in [-0.3, -0.25) is 0 Å². The van der Waals surface area contributed by atoms with Crippen LogP contribution in [0.3, 0.4) is 0 Å². The van der Waals surface area contributed by atoms with E-state index in [2.05, 4.69) is 38.3 Å². The van der Waals surface area contributed by atoms with Gasteiger partial charge in [0.05, 0.1) is 10.7 Å². The van der Waals surface area contributed by atoms with Gasteiger partial charge in [-0.15, -0.1) is 11.8 Å². The van der Waals surface area contributed by atoms with Crippen molar-refractivity contribution in [2.45, 2.75) is 50.5 Å². The number of nitrogens with one attached hydrogen (secondary N) is 2. The number of hydrogen-bond acceptors (Lipinski definition) is 3. The molecule has 1 fully saturated rings. The summed E-state index contributed by atoms with van der Waals surface area (Å²) in [5.74, 6) is 0. The highest BCUT2D eigenvalue weighted by Crippen LogP contribution is 2.37. The van der Waals surface area contributed by atoms with Crippen molar-refractivity contribution >= 4 is 11.8 Å². The van der Waals surface area contributed by atoms with Gasteiger partial charge in [-0.05, 0) is 27.7 Å². The van der Waals surface area contributed by atoms with Crippen LogP contribution < -0.4 is 10.6 Å². The summed E-state index contributed by atoms with van der Waals surface area (Å²) >= 11 is 1.97. The van der Waals surface area contributed by atoms with E-state index >= 15 is 0 Å². The molecule has 0 bridgehead atoms. The molecule has 0 spiro atoms. The summed E-state index contributed by atoms with van der Waals surface area (Å²) in [6.07, 6.45) is 0. The molecule has 2 atom stereocenters. The summed E-state index contributed by atoms with van der Waals surface area (Å²) in [7, 11) is 0. The van der Waals surface area contributed by atoms with Crippen molar-refractivity contribution in [2.24, 2.45) is 0 Å². The Morgan fingerprint density at radius 3 is 1.55 bits per heavy atom. The van der Waals surface area contributed by atoms with E-state index in [9.17, 15) is 0 Å². The summed E-state index contributed by atoms with van der Waals surface area (Å²) in [5, 5.41) is 8.25. The van der Waals surface area contributed by atoms with Crippen LogP contribution in [0.4, 0.5) is 0 Å². The SMILES string of the molecule is CC(C)NC1SC1NC(C)C. The molecule has 2 N–H and O–H groups in total. The fourth-order valence-corrected chi connectivity index (χ4v) is 2.11. The average Bonchev–Trinajstić information content (AvgIpc) is 2.43. The predicted octanol–water partition coefficient (Wildman–Crippen LogP) is 1.38. The Labute approximate surface area is 73.5 Å². The highest BCUT2D eigenvalue weighted by molar-refractivity contribution is 8.07. The molecule has 2 unspecified atom stereocenters. The lowest BCUT2D eigenvalue weighted by Crippen LogP contribution is -2.34. The molecular formula is C8H18N2S. The third-order valence-corrected chi connectivity index (χ3v) is 2.58. The molecule has 0 radical (unpaired) electrons. The van der Waals surface area contributed by atoms with E-state index in [0.717, 1.165) is 0 Å². The fourth-order valence-electron chi connectivity index (χ4n) is 1.02. The van der Waals surface area contributed by atoms with Crippen LogP contribution in [0.5, 0.6) is 0 Å². The summed E-state index contributed by atoms with van der Waals surface area (Å²) in [6.45, 7) is 8.74. The van der Waals surface area contributed by atoms with Gasteiger partial charge in [0.2, 0.25) is 0 Å². The molecule has 66 valence electrons. The van der Waals surface area contributed by atoms with E-state index in [1.165, 1.54) is 0 Å². The molecule has 1 aliphatic heterocycles. The molecular weight excluding hydrogens is 156 g/mol. The first-order valence-corrected chi connectivity index (χ1v) is 5.21. The van der Waals surface area contributed by atoms with Gasteiger partial charge in [0.1, 0.15) is 0 Å². The van der Waals surface area contributed by atoms with Gasteiger partial charge in [-0.1, -0.05) is 0 Å². The molecule has 11 heavy (non-hydrogen) atoms. The monoisotopic (exact) mass is 174 g/mol. The molecule has 1 aliphatic rings. The normalized spacial score (nSPS) is 30.0. The molecule has 1 saturated heterocycles. The van der Waals surface area contributed by atoms with Gasteiger partial charge in [0, 0.05) is 12.1 Å². The maximum absolute atomic E-state index is 3.47. The maximum atomic E-state index is 3.47. The number of hydrogen-bond donors (Lipinski definition) is 2. The first kappa shape index (κ1) is 9.36. The number of thioether (sulfide) groups is 1. The smallest absolute Gasteiger partial charge is 0.0802 e. The summed E-state index contributed by atoms with van der Waals surface area (Å²) < 4.78 is 0. The lowest BCUT2D eigenvalue weighted by atomic mass is 10.3. The van der Waals surface area contributed by atoms with E-state index < -0.39 is 0 Å². The molecule has 2 nitrogen and oxygen atoms in total. The van der Waals surface area contributed by atoms with Crippen LogP contribution in [0.1, 0.15) is 27.7 Å². The Morgan fingerprint density at radius 1 is 0.909 bits per heavy atom. The van der Waals surface area contributed by atoms with Gasteiger partial charge < -0.3 is 10.6 Å². The Bertz CT molecular complexity index is 111. The van der Waals surface area contributed by atoms with Gasteiger partial charge in [-0.2, -0.15) is 0 Å². The molecule has 0 aromatic rings. The van der Waals surface area contributed by atoms with Crippen molar-refractivity contribution in [3.8, 4) is 0 Å². The fraction of sp³-hybridized carbons (Fsp3) is 1.00. The van der Waals surface area contributed by atoms with Crippen LogP contribution in [0.25, 0.3) is 0 Å². The zero-order valence-electron chi connectivity index (χ0n) is 7.72. The highest BCUT2D eigenvalue weighted by Gasteiger charge is 2.38. The molecule has 3 heteroatoms. The van der Waals surface area contributed by atoms with E-state index in [4.69, 9.17) is 0 Å². The van der Waals surface area contributed by atoms with Crippen LogP contribution in [0, 0.1) is 0 Å². The summed E-state index contributed by atoms with van der Waals surface area (Å²) in [4.78, 5) is 0. The van der Waals surface area contributed by atoms with Crippen molar-refractivity contribution in [3.63, 3.8) is 0 Å². The second kappa shape index (κ2) is 3.78. The Kier molecular flexibility index (Phi) is 3.22. The lowest BCUT2D eigenvalue weighted by Gasteiger charge is -2.08.